The second-order valence-electron chi connectivity index (χ2n) is 7.95. The van der Waals surface area contributed by atoms with E-state index in [1.807, 2.05) is 45.8 Å². The molecule has 0 saturated heterocycles. The molecule has 0 aliphatic rings. The van der Waals surface area contributed by atoms with Crippen LogP contribution >= 0.6 is 56.7 Å². The number of thiazole rings is 5. The maximum atomic E-state index is 7.17. The topological polar surface area (TPSA) is 118 Å². The monoisotopic (exact) mass is 624 g/mol. The summed E-state index contributed by atoms with van der Waals surface area (Å²) in [5.74, 6) is -3.40. The number of ether oxygens (including phenoxy) is 3. The van der Waals surface area contributed by atoms with Gasteiger partial charge < -0.3 is 13.9 Å². The van der Waals surface area contributed by atoms with Crippen molar-refractivity contribution in [3.05, 3.63) is 108 Å². The van der Waals surface area contributed by atoms with Gasteiger partial charge in [0, 0.05) is 46.3 Å². The van der Waals surface area contributed by atoms with E-state index in [9.17, 15) is 0 Å². The van der Waals surface area contributed by atoms with E-state index >= 15 is 0 Å². The molecule has 40 heavy (non-hydrogen) atoms. The van der Waals surface area contributed by atoms with Crippen LogP contribution in [0.4, 0.5) is 0 Å². The summed E-state index contributed by atoms with van der Waals surface area (Å²) in [7, 11) is 0. The summed E-state index contributed by atoms with van der Waals surface area (Å²) < 4.78 is 26.9. The fourth-order valence-electron chi connectivity index (χ4n) is 3.86. The molecule has 7 aromatic rings. The molecule has 6 heterocycles. The quantitative estimate of drug-likeness (QED) is 0.147. The van der Waals surface area contributed by atoms with Crippen LogP contribution in [0, 0.1) is 0 Å². The molecule has 0 aliphatic heterocycles. The Labute approximate surface area is 246 Å². The molecule has 0 fully saturated rings. The first kappa shape index (κ1) is 25.5. The molecular formula is C25H16N6O4S5. The Morgan fingerprint density at radius 3 is 1.98 bits per heavy atom. The van der Waals surface area contributed by atoms with Crippen LogP contribution in [0.2, 0.25) is 0 Å². The number of rotatable bonds is 11. The Morgan fingerprint density at radius 2 is 1.38 bits per heavy atom. The molecule has 200 valence electrons. The van der Waals surface area contributed by atoms with Gasteiger partial charge in [-0.05, 0) is 12.1 Å². The van der Waals surface area contributed by atoms with Crippen molar-refractivity contribution in [2.24, 2.45) is 0 Å². The minimum absolute atomic E-state index is 0.0253. The van der Waals surface area contributed by atoms with Crippen molar-refractivity contribution in [1.29, 1.82) is 0 Å². The zero-order valence-electron chi connectivity index (χ0n) is 20.1. The van der Waals surface area contributed by atoms with Crippen molar-refractivity contribution in [1.82, 2.24) is 29.9 Å². The van der Waals surface area contributed by atoms with Crippen molar-refractivity contribution in [3.63, 3.8) is 0 Å². The Kier molecular flexibility index (Phi) is 6.92. The Morgan fingerprint density at radius 1 is 0.700 bits per heavy atom. The van der Waals surface area contributed by atoms with Gasteiger partial charge in [0.2, 0.25) is 0 Å². The van der Waals surface area contributed by atoms with Gasteiger partial charge in [-0.1, -0.05) is 12.1 Å². The molecule has 0 spiro atoms. The first-order chi connectivity index (χ1) is 19.8. The maximum absolute atomic E-state index is 7.17. The third-order valence-electron chi connectivity index (χ3n) is 5.53. The number of oxazole rings is 1. The van der Waals surface area contributed by atoms with E-state index in [-0.39, 0.29) is 12.7 Å². The van der Waals surface area contributed by atoms with Gasteiger partial charge in [0.25, 0.3) is 5.79 Å². The van der Waals surface area contributed by atoms with E-state index in [4.69, 9.17) is 23.6 Å². The molecule has 10 nitrogen and oxygen atoms in total. The van der Waals surface area contributed by atoms with Crippen molar-refractivity contribution in [3.8, 4) is 6.08 Å². The molecule has 0 saturated carbocycles. The highest BCUT2D eigenvalue weighted by molar-refractivity contribution is 7.19. The molecule has 0 radical (unpaired) electrons. The van der Waals surface area contributed by atoms with E-state index < -0.39 is 11.6 Å². The minimum atomic E-state index is -1.74. The summed E-state index contributed by atoms with van der Waals surface area (Å²) in [5.41, 5.74) is 0.799. The van der Waals surface area contributed by atoms with Gasteiger partial charge in [0.1, 0.15) is 17.9 Å². The highest BCUT2D eigenvalue weighted by atomic mass is 32.1. The number of fused-ring (bicyclic) bond motifs is 1. The lowest BCUT2D eigenvalue weighted by molar-refractivity contribution is -0.326. The number of aromatic nitrogens is 6. The molecule has 1 atom stereocenters. The second-order valence-corrected chi connectivity index (χ2v) is 12.6. The molecule has 0 aliphatic carbocycles. The molecule has 6 aromatic heterocycles. The van der Waals surface area contributed by atoms with Crippen LogP contribution in [0.5, 0.6) is 6.08 Å². The highest BCUT2D eigenvalue weighted by Crippen LogP contribution is 2.49. The molecule has 1 unspecified atom stereocenters. The van der Waals surface area contributed by atoms with Crippen LogP contribution in [0.3, 0.4) is 0 Å². The highest BCUT2D eigenvalue weighted by Gasteiger charge is 2.56. The van der Waals surface area contributed by atoms with Crippen LogP contribution in [0.1, 0.15) is 25.0 Å². The molecule has 0 amide bonds. The smallest absolute Gasteiger partial charge is 0.396 e. The zero-order valence-corrected chi connectivity index (χ0v) is 24.2. The average molecular weight is 625 g/mol. The summed E-state index contributed by atoms with van der Waals surface area (Å²) in [6.07, 6.45) is 9.65. The van der Waals surface area contributed by atoms with E-state index in [0.717, 1.165) is 15.2 Å². The summed E-state index contributed by atoms with van der Waals surface area (Å²) in [6.45, 7) is 0.123. The first-order valence-corrected chi connectivity index (χ1v) is 16.0. The van der Waals surface area contributed by atoms with Crippen LogP contribution < -0.4 is 4.74 Å². The molecule has 0 bridgehead atoms. The van der Waals surface area contributed by atoms with Gasteiger partial charge in [-0.2, -0.15) is 4.98 Å². The maximum Gasteiger partial charge on any atom is 0.396 e. The lowest BCUT2D eigenvalue weighted by Crippen LogP contribution is -2.48. The number of benzene rings is 1. The van der Waals surface area contributed by atoms with E-state index in [1.165, 1.54) is 69.1 Å². The molecular weight excluding hydrogens is 609 g/mol. The third-order valence-corrected chi connectivity index (χ3v) is 9.96. The van der Waals surface area contributed by atoms with Crippen molar-refractivity contribution < 1.29 is 18.6 Å². The zero-order chi connectivity index (χ0) is 26.8. The van der Waals surface area contributed by atoms with E-state index in [2.05, 4.69) is 24.9 Å². The fraction of sp³-hybridized carbons (Fsp3) is 0.120. The number of nitrogens with zero attached hydrogens (tertiary/aromatic N) is 6. The standard InChI is InChI=1S/C25H16N6O4S5/c1-2-4-17-16(3-1)31-22(40-17)24(19-27-7-12-37-19,33-15-18-26-6-11-36-18)35-25(20-28-8-13-38-20,21-29-9-14-39-21)34-23-30-5-10-32-23/h1-14H,15H2. The molecule has 1 aromatic carbocycles. The molecule has 15 heteroatoms. The average Bonchev–Trinajstić information content (AvgIpc) is 3.81. The predicted molar refractivity (Wildman–Crippen MR) is 153 cm³/mol. The number of para-hydroxylation sites is 1. The van der Waals surface area contributed by atoms with Crippen LogP contribution in [0.25, 0.3) is 10.2 Å². The van der Waals surface area contributed by atoms with Crippen LogP contribution in [-0.4, -0.2) is 29.9 Å². The SMILES string of the molecule is c1ccc2sc(C(OCc3nccs3)(OC(Oc3ncco3)(c3nccs3)c3nccs3)c3nccs3)nc2c1. The largest absolute Gasteiger partial charge is 0.418 e. The van der Waals surface area contributed by atoms with E-state index in [1.54, 1.807) is 24.8 Å². The van der Waals surface area contributed by atoms with Gasteiger partial charge in [-0.25, -0.2) is 24.9 Å². The Balaban J connectivity index is 1.48. The molecule has 0 N–H and O–H groups in total. The number of hydrogen-bond donors (Lipinski definition) is 0. The van der Waals surface area contributed by atoms with E-state index in [0.29, 0.717) is 20.0 Å². The minimum Gasteiger partial charge on any atom is -0.418 e. The van der Waals surface area contributed by atoms with Gasteiger partial charge >= 0.3 is 11.9 Å². The summed E-state index contributed by atoms with van der Waals surface area (Å²) in [6, 6.07) is 7.85. The third kappa shape index (κ3) is 4.64. The Bertz CT molecular complexity index is 1700. The van der Waals surface area contributed by atoms with Crippen molar-refractivity contribution >= 4 is 66.9 Å². The fourth-order valence-corrected chi connectivity index (χ4v) is 7.71. The summed E-state index contributed by atoms with van der Waals surface area (Å²) >= 11 is 6.97. The second kappa shape index (κ2) is 10.9. The lowest BCUT2D eigenvalue weighted by atomic mass is 10.2. The lowest BCUT2D eigenvalue weighted by Gasteiger charge is -2.38. The summed E-state index contributed by atoms with van der Waals surface area (Å²) in [4.78, 5) is 27.5. The van der Waals surface area contributed by atoms with Gasteiger partial charge in [0.15, 0.2) is 20.0 Å². The Hall–Kier alpha value is -3.44. The van der Waals surface area contributed by atoms with Crippen LogP contribution in [0.15, 0.2) is 87.5 Å². The van der Waals surface area contributed by atoms with Gasteiger partial charge in [-0.3, -0.25) is 4.74 Å². The predicted octanol–water partition coefficient (Wildman–Crippen LogP) is 6.53. The normalized spacial score (nSPS) is 13.5. The number of hydrogen-bond acceptors (Lipinski definition) is 15. The van der Waals surface area contributed by atoms with Crippen molar-refractivity contribution in [2.75, 3.05) is 0 Å². The summed E-state index contributed by atoms with van der Waals surface area (Å²) in [5, 5.41) is 10.1. The van der Waals surface area contributed by atoms with Crippen molar-refractivity contribution in [2.45, 2.75) is 18.2 Å². The first-order valence-electron chi connectivity index (χ1n) is 11.6. The van der Waals surface area contributed by atoms with Crippen LogP contribution in [-0.2, 0) is 27.7 Å². The molecule has 7 rings (SSSR count). The van der Waals surface area contributed by atoms with Gasteiger partial charge in [0.05, 0.1) is 16.4 Å². The van der Waals surface area contributed by atoms with Gasteiger partial charge in [-0.15, -0.1) is 56.7 Å².